The third-order valence-electron chi connectivity index (χ3n) is 2.67. The second-order valence-electron chi connectivity index (χ2n) is 5.11. The van der Waals surface area contributed by atoms with E-state index in [1.165, 1.54) is 0 Å². The molecule has 0 saturated heterocycles. The summed E-state index contributed by atoms with van der Waals surface area (Å²) >= 11 is 0. The Balaban J connectivity index is 2.47. The van der Waals surface area contributed by atoms with Crippen molar-refractivity contribution in [3.05, 3.63) is 11.9 Å². The Labute approximate surface area is 125 Å². The molecule has 0 radical (unpaired) electrons. The number of carbonyl (C=O) groups is 1. The lowest BCUT2D eigenvalue weighted by Crippen LogP contribution is -2.28. The molecular weight excluding hydrogens is 270 g/mol. The molecular formula is C14H25N5O2. The van der Waals surface area contributed by atoms with Crippen molar-refractivity contribution < 1.29 is 9.53 Å². The van der Waals surface area contributed by atoms with Crippen LogP contribution in [0.3, 0.4) is 0 Å². The van der Waals surface area contributed by atoms with Crippen LogP contribution in [0.15, 0.2) is 6.07 Å². The van der Waals surface area contributed by atoms with Crippen LogP contribution in [0.2, 0.25) is 0 Å². The van der Waals surface area contributed by atoms with Gasteiger partial charge in [-0.25, -0.2) is 9.97 Å². The quantitative estimate of drug-likeness (QED) is 0.635. The number of amides is 1. The van der Waals surface area contributed by atoms with Gasteiger partial charge in [-0.05, 0) is 5.92 Å². The average molecular weight is 295 g/mol. The standard InChI is InChI=1S/C14H25N5O2/c1-10(2)8-17-14(20)5-6-16-12-7-11(15-3)18-13(19-12)9-21-4/h7,10H,5-6,8-9H2,1-4H3,(H,17,20)(H2,15,16,18,19). The molecule has 21 heavy (non-hydrogen) atoms. The van der Waals surface area contributed by atoms with Crippen molar-refractivity contribution in [3.8, 4) is 0 Å². The fraction of sp³-hybridized carbons (Fsp3) is 0.643. The summed E-state index contributed by atoms with van der Waals surface area (Å²) in [5, 5.41) is 8.98. The molecule has 0 fully saturated rings. The molecule has 0 aliphatic rings. The van der Waals surface area contributed by atoms with Gasteiger partial charge in [0, 0.05) is 39.7 Å². The molecule has 1 heterocycles. The minimum absolute atomic E-state index is 0.0382. The number of anilines is 2. The van der Waals surface area contributed by atoms with Crippen molar-refractivity contribution >= 4 is 17.5 Å². The lowest BCUT2D eigenvalue weighted by atomic mass is 10.2. The number of nitrogens with zero attached hydrogens (tertiary/aromatic N) is 2. The zero-order valence-corrected chi connectivity index (χ0v) is 13.2. The molecule has 0 aliphatic carbocycles. The van der Waals surface area contributed by atoms with E-state index in [2.05, 4.69) is 39.8 Å². The molecule has 0 aromatic carbocycles. The minimum atomic E-state index is 0.0382. The largest absolute Gasteiger partial charge is 0.377 e. The smallest absolute Gasteiger partial charge is 0.221 e. The van der Waals surface area contributed by atoms with Crippen LogP contribution in [0.5, 0.6) is 0 Å². The van der Waals surface area contributed by atoms with Crippen LogP contribution < -0.4 is 16.0 Å². The first-order valence-corrected chi connectivity index (χ1v) is 7.10. The van der Waals surface area contributed by atoms with Gasteiger partial charge < -0.3 is 20.7 Å². The predicted octanol–water partition coefficient (Wildman–Crippen LogP) is 1.24. The normalized spacial score (nSPS) is 10.5. The Morgan fingerprint density at radius 1 is 1.33 bits per heavy atom. The minimum Gasteiger partial charge on any atom is -0.377 e. The molecule has 0 saturated carbocycles. The Morgan fingerprint density at radius 2 is 2.05 bits per heavy atom. The molecule has 1 rings (SSSR count). The fourth-order valence-corrected chi connectivity index (χ4v) is 1.62. The van der Waals surface area contributed by atoms with Gasteiger partial charge in [0.2, 0.25) is 5.91 Å². The highest BCUT2D eigenvalue weighted by molar-refractivity contribution is 5.76. The van der Waals surface area contributed by atoms with E-state index in [1.54, 1.807) is 20.2 Å². The molecule has 118 valence electrons. The third-order valence-corrected chi connectivity index (χ3v) is 2.67. The summed E-state index contributed by atoms with van der Waals surface area (Å²) in [6.45, 7) is 5.70. The number of aromatic nitrogens is 2. The van der Waals surface area contributed by atoms with E-state index < -0.39 is 0 Å². The van der Waals surface area contributed by atoms with E-state index in [-0.39, 0.29) is 5.91 Å². The highest BCUT2D eigenvalue weighted by Crippen LogP contribution is 2.11. The highest BCUT2D eigenvalue weighted by Gasteiger charge is 2.05. The summed E-state index contributed by atoms with van der Waals surface area (Å²) in [7, 11) is 3.39. The third kappa shape index (κ3) is 6.89. The topological polar surface area (TPSA) is 88.2 Å². The molecule has 0 atom stereocenters. The molecule has 0 aliphatic heterocycles. The summed E-state index contributed by atoms with van der Waals surface area (Å²) < 4.78 is 5.03. The number of rotatable bonds is 9. The molecule has 0 unspecified atom stereocenters. The van der Waals surface area contributed by atoms with Gasteiger partial charge in [-0.1, -0.05) is 13.8 Å². The van der Waals surface area contributed by atoms with Gasteiger partial charge in [0.05, 0.1) is 0 Å². The Hall–Kier alpha value is -1.89. The van der Waals surface area contributed by atoms with E-state index in [1.807, 2.05) is 0 Å². The average Bonchev–Trinajstić information content (AvgIpc) is 2.45. The zero-order valence-electron chi connectivity index (χ0n) is 13.2. The lowest BCUT2D eigenvalue weighted by Gasteiger charge is -2.10. The van der Waals surface area contributed by atoms with Crippen LogP contribution in [-0.2, 0) is 16.1 Å². The molecule has 7 nitrogen and oxygen atoms in total. The van der Waals surface area contributed by atoms with Gasteiger partial charge in [-0.15, -0.1) is 0 Å². The van der Waals surface area contributed by atoms with Gasteiger partial charge in [0.15, 0.2) is 5.82 Å². The van der Waals surface area contributed by atoms with Crippen LogP contribution in [0, 0.1) is 5.92 Å². The number of ether oxygens (including phenoxy) is 1. The van der Waals surface area contributed by atoms with Crippen molar-refractivity contribution in [3.63, 3.8) is 0 Å². The zero-order chi connectivity index (χ0) is 15.7. The monoisotopic (exact) mass is 295 g/mol. The summed E-state index contributed by atoms with van der Waals surface area (Å²) in [6.07, 6.45) is 0.408. The number of nitrogens with one attached hydrogen (secondary N) is 3. The summed E-state index contributed by atoms with van der Waals surface area (Å²) in [4.78, 5) is 20.2. The van der Waals surface area contributed by atoms with Gasteiger partial charge in [0.1, 0.15) is 18.2 Å². The Bertz CT molecular complexity index is 451. The maximum atomic E-state index is 11.6. The number of carbonyl (C=O) groups excluding carboxylic acids is 1. The predicted molar refractivity (Wildman–Crippen MR) is 83.2 cm³/mol. The van der Waals surface area contributed by atoms with E-state index in [9.17, 15) is 4.79 Å². The van der Waals surface area contributed by atoms with Crippen molar-refractivity contribution in [1.29, 1.82) is 0 Å². The van der Waals surface area contributed by atoms with E-state index >= 15 is 0 Å². The van der Waals surface area contributed by atoms with Gasteiger partial charge >= 0.3 is 0 Å². The maximum Gasteiger partial charge on any atom is 0.221 e. The number of hydrogen-bond acceptors (Lipinski definition) is 6. The SMILES string of the molecule is CNc1cc(NCCC(=O)NCC(C)C)nc(COC)n1. The van der Waals surface area contributed by atoms with Crippen LogP contribution in [-0.4, -0.2) is 43.1 Å². The lowest BCUT2D eigenvalue weighted by molar-refractivity contribution is -0.120. The second kappa shape index (κ2) is 9.12. The second-order valence-corrected chi connectivity index (χ2v) is 5.11. The molecule has 7 heteroatoms. The van der Waals surface area contributed by atoms with Crippen molar-refractivity contribution in [1.82, 2.24) is 15.3 Å². The van der Waals surface area contributed by atoms with Crippen LogP contribution in [0.1, 0.15) is 26.1 Å². The molecule has 3 N–H and O–H groups in total. The maximum absolute atomic E-state index is 11.6. The molecule has 1 aromatic rings. The summed E-state index contributed by atoms with van der Waals surface area (Å²) in [6, 6.07) is 1.80. The van der Waals surface area contributed by atoms with Gasteiger partial charge in [-0.2, -0.15) is 0 Å². The molecule has 0 spiro atoms. The summed E-state index contributed by atoms with van der Waals surface area (Å²) in [5.41, 5.74) is 0. The van der Waals surface area contributed by atoms with Crippen molar-refractivity contribution in [2.45, 2.75) is 26.9 Å². The van der Waals surface area contributed by atoms with Crippen LogP contribution in [0.4, 0.5) is 11.6 Å². The Kier molecular flexibility index (Phi) is 7.45. The fourth-order valence-electron chi connectivity index (χ4n) is 1.62. The highest BCUT2D eigenvalue weighted by atomic mass is 16.5. The Morgan fingerprint density at radius 3 is 2.67 bits per heavy atom. The number of methoxy groups -OCH3 is 1. The number of hydrogen-bond donors (Lipinski definition) is 3. The van der Waals surface area contributed by atoms with E-state index in [0.717, 1.165) is 0 Å². The van der Waals surface area contributed by atoms with Gasteiger partial charge in [0.25, 0.3) is 0 Å². The molecule has 1 aromatic heterocycles. The van der Waals surface area contributed by atoms with E-state index in [0.29, 0.717) is 49.5 Å². The van der Waals surface area contributed by atoms with Crippen molar-refractivity contribution in [2.75, 3.05) is 37.9 Å². The van der Waals surface area contributed by atoms with Crippen LogP contribution >= 0.6 is 0 Å². The van der Waals surface area contributed by atoms with E-state index in [4.69, 9.17) is 4.74 Å². The van der Waals surface area contributed by atoms with Gasteiger partial charge in [-0.3, -0.25) is 4.79 Å². The first kappa shape index (κ1) is 17.2. The van der Waals surface area contributed by atoms with Crippen LogP contribution in [0.25, 0.3) is 0 Å². The summed E-state index contributed by atoms with van der Waals surface area (Å²) in [5.74, 6) is 2.48. The molecule has 0 bridgehead atoms. The first-order chi connectivity index (χ1) is 10.0. The van der Waals surface area contributed by atoms with Crippen molar-refractivity contribution in [2.24, 2.45) is 5.92 Å². The first-order valence-electron chi connectivity index (χ1n) is 7.10. The molecule has 1 amide bonds.